The third kappa shape index (κ3) is 5.82. The van der Waals surface area contributed by atoms with Gasteiger partial charge in [-0.15, -0.1) is 18.3 Å². The zero-order chi connectivity index (χ0) is 25.8. The Hall–Kier alpha value is -4.14. The molecule has 1 aliphatic heterocycles. The van der Waals surface area contributed by atoms with Crippen molar-refractivity contribution in [2.75, 3.05) is 6.54 Å². The zero-order valence-electron chi connectivity index (χ0n) is 19.9. The van der Waals surface area contributed by atoms with Crippen molar-refractivity contribution in [2.24, 2.45) is 0 Å². The molecule has 4 aromatic rings. The molecule has 1 saturated heterocycles. The van der Waals surface area contributed by atoms with Crippen molar-refractivity contribution in [3.05, 3.63) is 90.6 Å². The number of benzene rings is 3. The number of halogens is 3. The molecule has 1 aliphatic rings. The van der Waals surface area contributed by atoms with Gasteiger partial charge in [0.05, 0.1) is 6.20 Å². The number of carbonyl (C=O) groups is 1. The zero-order valence-corrected chi connectivity index (χ0v) is 19.9. The fourth-order valence-electron chi connectivity index (χ4n) is 4.71. The standard InChI is InChI=1S/C28H25F3N4O2/c29-28(30,31)37-26-12-5-4-11-24(26)21-13-15-22(16-14-21)25-19-35(33-32-25)27(36)34-17-7-6-10-23(34)18-20-8-2-1-3-9-20/h1-5,8-9,11-16,19,23H,6-7,10,17-18H2. The van der Waals surface area contributed by atoms with E-state index in [0.717, 1.165) is 25.7 Å². The van der Waals surface area contributed by atoms with Crippen molar-refractivity contribution in [1.82, 2.24) is 19.9 Å². The fraction of sp³-hybridized carbons (Fsp3) is 0.250. The highest BCUT2D eigenvalue weighted by atomic mass is 19.4. The molecule has 1 unspecified atom stereocenters. The summed E-state index contributed by atoms with van der Waals surface area (Å²) in [7, 11) is 0. The number of likely N-dealkylation sites (tertiary alicyclic amines) is 1. The van der Waals surface area contributed by atoms with Crippen molar-refractivity contribution in [1.29, 1.82) is 0 Å². The molecule has 0 N–H and O–H groups in total. The first-order valence-electron chi connectivity index (χ1n) is 12.1. The second-order valence-corrected chi connectivity index (χ2v) is 8.98. The van der Waals surface area contributed by atoms with E-state index >= 15 is 0 Å². The first-order valence-corrected chi connectivity index (χ1v) is 12.1. The third-order valence-corrected chi connectivity index (χ3v) is 6.48. The normalized spacial score (nSPS) is 16.0. The van der Waals surface area contributed by atoms with E-state index in [1.807, 2.05) is 23.1 Å². The molecule has 5 rings (SSSR count). The van der Waals surface area contributed by atoms with Gasteiger partial charge in [0.1, 0.15) is 11.4 Å². The minimum Gasteiger partial charge on any atom is -0.405 e. The minimum atomic E-state index is -4.78. The van der Waals surface area contributed by atoms with E-state index in [9.17, 15) is 18.0 Å². The van der Waals surface area contributed by atoms with Crippen LogP contribution in [0, 0.1) is 0 Å². The van der Waals surface area contributed by atoms with Crippen LogP contribution in [-0.4, -0.2) is 44.9 Å². The molecule has 1 fully saturated rings. The molecule has 3 aromatic carbocycles. The Labute approximate surface area is 212 Å². The molecule has 6 nitrogen and oxygen atoms in total. The van der Waals surface area contributed by atoms with E-state index in [2.05, 4.69) is 27.2 Å². The Kier molecular flexibility index (Phi) is 6.94. The summed E-state index contributed by atoms with van der Waals surface area (Å²) in [6, 6.07) is 22.8. The Morgan fingerprint density at radius 1 is 0.919 bits per heavy atom. The van der Waals surface area contributed by atoms with E-state index in [4.69, 9.17) is 0 Å². The topological polar surface area (TPSA) is 60.2 Å². The smallest absolute Gasteiger partial charge is 0.405 e. The highest BCUT2D eigenvalue weighted by Crippen LogP contribution is 2.34. The number of hydrogen-bond acceptors (Lipinski definition) is 4. The molecule has 1 aromatic heterocycles. The average Bonchev–Trinajstić information content (AvgIpc) is 3.39. The number of alkyl halides is 3. The van der Waals surface area contributed by atoms with Gasteiger partial charge in [-0.3, -0.25) is 0 Å². The second kappa shape index (κ2) is 10.5. The summed E-state index contributed by atoms with van der Waals surface area (Å²) >= 11 is 0. The number of amides is 1. The van der Waals surface area contributed by atoms with Crippen LogP contribution < -0.4 is 4.74 Å². The van der Waals surface area contributed by atoms with Gasteiger partial charge in [-0.25, -0.2) is 4.79 Å². The van der Waals surface area contributed by atoms with Gasteiger partial charge < -0.3 is 9.64 Å². The average molecular weight is 507 g/mol. The molecule has 9 heteroatoms. The highest BCUT2D eigenvalue weighted by Gasteiger charge is 2.32. The SMILES string of the molecule is O=C(N1CCCCC1Cc1ccccc1)n1cc(-c2ccc(-c3ccccc3OC(F)(F)F)cc2)nn1. The van der Waals surface area contributed by atoms with Crippen LogP contribution in [0.1, 0.15) is 24.8 Å². The van der Waals surface area contributed by atoms with Crippen LogP contribution >= 0.6 is 0 Å². The lowest BCUT2D eigenvalue weighted by atomic mass is 9.96. The van der Waals surface area contributed by atoms with Crippen LogP contribution in [-0.2, 0) is 6.42 Å². The van der Waals surface area contributed by atoms with Crippen LogP contribution in [0.2, 0.25) is 0 Å². The van der Waals surface area contributed by atoms with Crippen LogP contribution in [0.5, 0.6) is 5.75 Å². The van der Waals surface area contributed by atoms with Crippen molar-refractivity contribution < 1.29 is 22.7 Å². The molecule has 0 spiro atoms. The minimum absolute atomic E-state index is 0.0922. The maximum Gasteiger partial charge on any atom is 0.573 e. The summed E-state index contributed by atoms with van der Waals surface area (Å²) in [4.78, 5) is 15.2. The quantitative estimate of drug-likeness (QED) is 0.307. The largest absolute Gasteiger partial charge is 0.573 e. The fourth-order valence-corrected chi connectivity index (χ4v) is 4.71. The van der Waals surface area contributed by atoms with Gasteiger partial charge in [0.15, 0.2) is 0 Å². The summed E-state index contributed by atoms with van der Waals surface area (Å²) in [5.74, 6) is -0.272. The van der Waals surface area contributed by atoms with E-state index < -0.39 is 6.36 Å². The number of carbonyl (C=O) groups excluding carboxylic acids is 1. The first-order chi connectivity index (χ1) is 17.9. The number of ether oxygens (including phenoxy) is 1. The molecule has 0 aliphatic carbocycles. The Morgan fingerprint density at radius 2 is 1.62 bits per heavy atom. The number of piperidine rings is 1. The maximum absolute atomic E-state index is 13.3. The van der Waals surface area contributed by atoms with Crippen LogP contribution in [0.4, 0.5) is 18.0 Å². The molecule has 2 heterocycles. The molecule has 1 amide bonds. The van der Waals surface area contributed by atoms with Gasteiger partial charge in [-0.05, 0) is 42.9 Å². The third-order valence-electron chi connectivity index (χ3n) is 6.48. The van der Waals surface area contributed by atoms with Crippen LogP contribution in [0.3, 0.4) is 0 Å². The van der Waals surface area contributed by atoms with Crippen molar-refractivity contribution in [3.63, 3.8) is 0 Å². The summed E-state index contributed by atoms with van der Waals surface area (Å²) in [6.45, 7) is 0.666. The van der Waals surface area contributed by atoms with Gasteiger partial charge in [0.2, 0.25) is 0 Å². The van der Waals surface area contributed by atoms with E-state index in [1.54, 1.807) is 42.6 Å². The number of nitrogens with zero attached hydrogens (tertiary/aromatic N) is 4. The summed E-state index contributed by atoms with van der Waals surface area (Å²) in [6.07, 6.45) is 0.549. The lowest BCUT2D eigenvalue weighted by molar-refractivity contribution is -0.274. The molecule has 1 atom stereocenters. The predicted molar refractivity (Wildman–Crippen MR) is 133 cm³/mol. The Bertz CT molecular complexity index is 1350. The summed E-state index contributed by atoms with van der Waals surface area (Å²) < 4.78 is 43.8. The second-order valence-electron chi connectivity index (χ2n) is 8.98. The van der Waals surface area contributed by atoms with E-state index in [1.165, 1.54) is 22.4 Å². The summed E-state index contributed by atoms with van der Waals surface area (Å²) in [5.41, 5.74) is 3.26. The van der Waals surface area contributed by atoms with Gasteiger partial charge in [0.25, 0.3) is 0 Å². The molecular weight excluding hydrogens is 481 g/mol. The monoisotopic (exact) mass is 506 g/mol. The van der Waals surface area contributed by atoms with E-state index in [-0.39, 0.29) is 17.8 Å². The molecule has 0 radical (unpaired) electrons. The molecule has 190 valence electrons. The van der Waals surface area contributed by atoms with Crippen LogP contribution in [0.15, 0.2) is 85.1 Å². The van der Waals surface area contributed by atoms with Gasteiger partial charge in [-0.2, -0.15) is 4.68 Å². The van der Waals surface area contributed by atoms with Gasteiger partial charge in [0, 0.05) is 23.7 Å². The number of hydrogen-bond donors (Lipinski definition) is 0. The van der Waals surface area contributed by atoms with Gasteiger partial charge >= 0.3 is 12.4 Å². The first kappa shape index (κ1) is 24.5. The van der Waals surface area contributed by atoms with Crippen molar-refractivity contribution in [2.45, 2.75) is 38.1 Å². The molecular formula is C28H25F3N4O2. The van der Waals surface area contributed by atoms with Crippen molar-refractivity contribution in [3.8, 4) is 28.1 Å². The molecule has 0 bridgehead atoms. The number of para-hydroxylation sites is 1. The maximum atomic E-state index is 13.3. The van der Waals surface area contributed by atoms with E-state index in [0.29, 0.717) is 28.9 Å². The number of rotatable bonds is 5. The molecule has 37 heavy (non-hydrogen) atoms. The lowest BCUT2D eigenvalue weighted by Crippen LogP contribution is -2.46. The lowest BCUT2D eigenvalue weighted by Gasteiger charge is -2.35. The van der Waals surface area contributed by atoms with Gasteiger partial charge in [-0.1, -0.05) is 78.0 Å². The Morgan fingerprint density at radius 3 is 2.38 bits per heavy atom. The van der Waals surface area contributed by atoms with Crippen molar-refractivity contribution >= 4 is 6.03 Å². The summed E-state index contributed by atoms with van der Waals surface area (Å²) in [5, 5.41) is 8.25. The molecule has 0 saturated carbocycles. The number of aromatic nitrogens is 3. The Balaban J connectivity index is 1.32. The highest BCUT2D eigenvalue weighted by molar-refractivity contribution is 5.78. The predicted octanol–water partition coefficient (Wildman–Crippen LogP) is 6.58. The van der Waals surface area contributed by atoms with Crippen LogP contribution in [0.25, 0.3) is 22.4 Å².